The van der Waals surface area contributed by atoms with Crippen LogP contribution in [-0.2, 0) is 17.6 Å². The zero-order valence-electron chi connectivity index (χ0n) is 11.3. The molecule has 2 aromatic rings. The third kappa shape index (κ3) is 2.32. The fourth-order valence-corrected chi connectivity index (χ4v) is 2.89. The fourth-order valence-electron chi connectivity index (χ4n) is 2.77. The molecule has 3 rings (SSSR count). The molecule has 2 aromatic carbocycles. The van der Waals surface area contributed by atoms with E-state index in [0.717, 1.165) is 28.3 Å². The number of fused-ring (bicyclic) bond motifs is 1. The number of halogens is 1. The van der Waals surface area contributed by atoms with E-state index in [0.29, 0.717) is 6.42 Å². The largest absolute Gasteiger partial charge is 0.325 e. The van der Waals surface area contributed by atoms with E-state index in [-0.39, 0.29) is 11.8 Å². The van der Waals surface area contributed by atoms with Crippen molar-refractivity contribution in [2.45, 2.75) is 25.7 Å². The molecule has 3 heteroatoms. The van der Waals surface area contributed by atoms with Crippen molar-refractivity contribution in [2.75, 3.05) is 5.32 Å². The lowest BCUT2D eigenvalue weighted by atomic mass is 9.92. The highest BCUT2D eigenvalue weighted by atomic mass is 35.5. The Morgan fingerprint density at radius 1 is 1.15 bits per heavy atom. The number of rotatable bonds is 3. The number of benzene rings is 2. The number of hydrogen-bond acceptors (Lipinski definition) is 1. The van der Waals surface area contributed by atoms with Crippen LogP contribution in [0.15, 0.2) is 42.5 Å². The van der Waals surface area contributed by atoms with Crippen molar-refractivity contribution in [3.8, 4) is 0 Å². The molecule has 0 fully saturated rings. The van der Waals surface area contributed by atoms with Crippen LogP contribution in [0.4, 0.5) is 5.69 Å². The molecule has 20 heavy (non-hydrogen) atoms. The maximum Gasteiger partial charge on any atom is 0.232 e. The number of amides is 1. The van der Waals surface area contributed by atoms with E-state index >= 15 is 0 Å². The Morgan fingerprint density at radius 3 is 2.60 bits per heavy atom. The number of aryl methyl sites for hydroxylation is 1. The highest BCUT2D eigenvalue weighted by molar-refractivity contribution is 6.30. The summed E-state index contributed by atoms with van der Waals surface area (Å²) in [6.45, 7) is 2.11. The number of hydrogen-bond donors (Lipinski definition) is 1. The van der Waals surface area contributed by atoms with Gasteiger partial charge in [-0.05, 0) is 41.7 Å². The Bertz CT molecular complexity index is 649. The summed E-state index contributed by atoms with van der Waals surface area (Å²) in [5.41, 5.74) is 4.46. The average Bonchev–Trinajstić information content (AvgIpc) is 2.77. The van der Waals surface area contributed by atoms with Gasteiger partial charge in [0.05, 0.1) is 5.92 Å². The second-order valence-electron chi connectivity index (χ2n) is 5.11. The minimum atomic E-state index is -0.0994. The van der Waals surface area contributed by atoms with Crippen LogP contribution in [0, 0.1) is 0 Å². The van der Waals surface area contributed by atoms with Crippen molar-refractivity contribution < 1.29 is 4.79 Å². The van der Waals surface area contributed by atoms with Crippen molar-refractivity contribution in [3.63, 3.8) is 0 Å². The molecule has 102 valence electrons. The van der Waals surface area contributed by atoms with Crippen LogP contribution < -0.4 is 5.32 Å². The second kappa shape index (κ2) is 5.29. The highest BCUT2D eigenvalue weighted by Crippen LogP contribution is 2.37. The Morgan fingerprint density at radius 2 is 1.90 bits per heavy atom. The molecule has 0 saturated heterocycles. The van der Waals surface area contributed by atoms with Gasteiger partial charge in [-0.15, -0.1) is 0 Å². The molecule has 0 bridgehead atoms. The number of para-hydroxylation sites is 1. The van der Waals surface area contributed by atoms with Gasteiger partial charge in [-0.1, -0.05) is 48.9 Å². The molecule has 0 radical (unpaired) electrons. The van der Waals surface area contributed by atoms with Gasteiger partial charge in [-0.2, -0.15) is 0 Å². The predicted octanol–water partition coefficient (Wildman–Crippen LogP) is 4.18. The maximum atomic E-state index is 12.2. The number of carbonyl (C=O) groups excluding carboxylic acids is 1. The zero-order chi connectivity index (χ0) is 14.1. The van der Waals surface area contributed by atoms with E-state index in [1.807, 2.05) is 36.4 Å². The summed E-state index contributed by atoms with van der Waals surface area (Å²) >= 11 is 5.90. The van der Waals surface area contributed by atoms with Crippen molar-refractivity contribution in [1.29, 1.82) is 0 Å². The molecule has 0 spiro atoms. The number of carbonyl (C=O) groups is 1. The lowest BCUT2D eigenvalue weighted by Gasteiger charge is -2.10. The van der Waals surface area contributed by atoms with Crippen LogP contribution in [0.5, 0.6) is 0 Å². The molecule has 1 aliphatic rings. The van der Waals surface area contributed by atoms with Crippen LogP contribution in [0.25, 0.3) is 0 Å². The summed E-state index contributed by atoms with van der Waals surface area (Å²) in [7, 11) is 0. The molecule has 2 nitrogen and oxygen atoms in total. The molecule has 0 aliphatic carbocycles. The third-order valence-corrected chi connectivity index (χ3v) is 4.11. The zero-order valence-corrected chi connectivity index (χ0v) is 12.1. The summed E-state index contributed by atoms with van der Waals surface area (Å²) in [6.07, 6.45) is 1.64. The molecule has 1 N–H and O–H groups in total. The minimum Gasteiger partial charge on any atom is -0.325 e. The van der Waals surface area contributed by atoms with Crippen molar-refractivity contribution in [1.82, 2.24) is 0 Å². The summed E-state index contributed by atoms with van der Waals surface area (Å²) in [5.74, 6) is -0.00599. The standard InChI is InChI=1S/C17H16ClNO/c1-2-12-4-3-5-14-15(17(20)19-16(12)14)10-11-6-8-13(18)9-7-11/h3-9,15H,2,10H2,1H3,(H,19,20). The second-order valence-corrected chi connectivity index (χ2v) is 5.54. The van der Waals surface area contributed by atoms with E-state index in [1.165, 1.54) is 5.56 Å². The topological polar surface area (TPSA) is 29.1 Å². The lowest BCUT2D eigenvalue weighted by molar-refractivity contribution is -0.117. The first-order valence-electron chi connectivity index (χ1n) is 6.86. The molecular formula is C17H16ClNO. The van der Waals surface area contributed by atoms with E-state index < -0.39 is 0 Å². The smallest absolute Gasteiger partial charge is 0.232 e. The number of anilines is 1. The first kappa shape index (κ1) is 13.2. The van der Waals surface area contributed by atoms with Gasteiger partial charge in [0.2, 0.25) is 5.91 Å². The Hall–Kier alpha value is -1.80. The van der Waals surface area contributed by atoms with Gasteiger partial charge in [0.15, 0.2) is 0 Å². The van der Waals surface area contributed by atoms with Gasteiger partial charge in [-0.3, -0.25) is 4.79 Å². The lowest BCUT2D eigenvalue weighted by Crippen LogP contribution is -2.14. The van der Waals surface area contributed by atoms with Crippen LogP contribution in [0.2, 0.25) is 5.02 Å². The van der Waals surface area contributed by atoms with Gasteiger partial charge in [0, 0.05) is 10.7 Å². The normalized spacial score (nSPS) is 16.9. The summed E-state index contributed by atoms with van der Waals surface area (Å²) in [4.78, 5) is 12.2. The van der Waals surface area contributed by atoms with Crippen LogP contribution in [0.1, 0.15) is 29.5 Å². The summed E-state index contributed by atoms with van der Waals surface area (Å²) < 4.78 is 0. The monoisotopic (exact) mass is 285 g/mol. The van der Waals surface area contributed by atoms with Gasteiger partial charge in [0.1, 0.15) is 0 Å². The van der Waals surface area contributed by atoms with Gasteiger partial charge >= 0.3 is 0 Å². The Balaban J connectivity index is 1.92. The maximum absolute atomic E-state index is 12.2. The van der Waals surface area contributed by atoms with E-state index in [4.69, 9.17) is 11.6 Å². The van der Waals surface area contributed by atoms with E-state index in [2.05, 4.69) is 18.3 Å². The predicted molar refractivity (Wildman–Crippen MR) is 82.3 cm³/mol. The minimum absolute atomic E-state index is 0.0934. The molecule has 1 aliphatic heterocycles. The summed E-state index contributed by atoms with van der Waals surface area (Å²) in [5, 5.41) is 3.75. The van der Waals surface area contributed by atoms with Crippen LogP contribution >= 0.6 is 11.6 Å². The third-order valence-electron chi connectivity index (χ3n) is 3.86. The molecule has 0 saturated carbocycles. The fraction of sp³-hybridized carbons (Fsp3) is 0.235. The highest BCUT2D eigenvalue weighted by Gasteiger charge is 2.31. The van der Waals surface area contributed by atoms with Gasteiger partial charge in [-0.25, -0.2) is 0 Å². The summed E-state index contributed by atoms with van der Waals surface area (Å²) in [6, 6.07) is 13.9. The molecule has 1 unspecified atom stereocenters. The molecule has 1 heterocycles. The molecule has 0 aromatic heterocycles. The molecular weight excluding hydrogens is 270 g/mol. The number of nitrogens with one attached hydrogen (secondary N) is 1. The first-order chi connectivity index (χ1) is 9.69. The van der Waals surface area contributed by atoms with E-state index in [9.17, 15) is 4.79 Å². The van der Waals surface area contributed by atoms with Crippen molar-refractivity contribution in [3.05, 3.63) is 64.2 Å². The van der Waals surface area contributed by atoms with Crippen molar-refractivity contribution >= 4 is 23.2 Å². The molecule has 1 amide bonds. The Labute approximate surface area is 123 Å². The van der Waals surface area contributed by atoms with Crippen LogP contribution in [-0.4, -0.2) is 5.91 Å². The average molecular weight is 286 g/mol. The van der Waals surface area contributed by atoms with Gasteiger partial charge < -0.3 is 5.32 Å². The van der Waals surface area contributed by atoms with Gasteiger partial charge in [0.25, 0.3) is 0 Å². The Kier molecular flexibility index (Phi) is 3.49. The molecule has 1 atom stereocenters. The van der Waals surface area contributed by atoms with E-state index in [1.54, 1.807) is 0 Å². The first-order valence-corrected chi connectivity index (χ1v) is 7.24. The van der Waals surface area contributed by atoms with Crippen molar-refractivity contribution in [2.24, 2.45) is 0 Å². The quantitative estimate of drug-likeness (QED) is 0.900. The SMILES string of the molecule is CCc1cccc2c1NC(=O)C2Cc1ccc(Cl)cc1. The van der Waals surface area contributed by atoms with Crippen LogP contribution in [0.3, 0.4) is 0 Å².